The average Bonchev–Trinajstić information content (AvgIpc) is 2.69. The van der Waals surface area contributed by atoms with Gasteiger partial charge in [0.25, 0.3) is 5.91 Å². The number of carboxylic acid groups (broad SMARTS) is 1. The second kappa shape index (κ2) is 8.13. The second-order valence-corrected chi connectivity index (χ2v) is 6.38. The zero-order valence-electron chi connectivity index (χ0n) is 14.6. The predicted octanol–water partition coefficient (Wildman–Crippen LogP) is 2.58. The van der Waals surface area contributed by atoms with Crippen LogP contribution in [0.25, 0.3) is 0 Å². The summed E-state index contributed by atoms with van der Waals surface area (Å²) in [6.07, 6.45) is 2.14. The number of aliphatic carboxylic acids is 1. The summed E-state index contributed by atoms with van der Waals surface area (Å²) in [5, 5.41) is 15.1. The minimum atomic E-state index is -1.05. The van der Waals surface area contributed by atoms with Crippen LogP contribution in [0.2, 0.25) is 0 Å². The lowest BCUT2D eigenvalue weighted by Gasteiger charge is -2.33. The highest BCUT2D eigenvalue weighted by molar-refractivity contribution is 5.99. The van der Waals surface area contributed by atoms with E-state index in [2.05, 4.69) is 15.6 Å². The summed E-state index contributed by atoms with van der Waals surface area (Å²) in [5.41, 5.74) is -0.653. The Labute approximate surface area is 155 Å². The van der Waals surface area contributed by atoms with E-state index in [0.717, 1.165) is 0 Å². The molecule has 0 spiro atoms. The Morgan fingerprint density at radius 1 is 1.19 bits per heavy atom. The number of hydrogen-bond donors (Lipinski definition) is 3. The van der Waals surface area contributed by atoms with Crippen molar-refractivity contribution in [2.75, 3.05) is 25.1 Å². The third kappa shape index (κ3) is 4.22. The number of aromatic nitrogens is 1. The van der Waals surface area contributed by atoms with E-state index in [1.165, 1.54) is 18.3 Å². The van der Waals surface area contributed by atoms with Crippen molar-refractivity contribution in [3.8, 4) is 0 Å². The molecule has 2 aromatic rings. The van der Waals surface area contributed by atoms with Crippen molar-refractivity contribution >= 4 is 23.4 Å². The van der Waals surface area contributed by atoms with Crippen molar-refractivity contribution in [1.29, 1.82) is 0 Å². The maximum Gasteiger partial charge on any atom is 0.311 e. The van der Waals surface area contributed by atoms with Crippen LogP contribution in [-0.4, -0.2) is 41.7 Å². The lowest BCUT2D eigenvalue weighted by molar-refractivity contribution is -0.154. The standard InChI is InChI=1S/C19H20FN3O4/c20-14-5-1-2-6-15(14)23-16-13(4-3-9-21-16)17(24)22-12-19(18(25)26)7-10-27-11-8-19/h1-6,9H,7-8,10-12H2,(H,21,23)(H,22,24)(H,25,26). The average molecular weight is 373 g/mol. The van der Waals surface area contributed by atoms with E-state index in [1.54, 1.807) is 24.3 Å². The summed E-state index contributed by atoms with van der Waals surface area (Å²) in [6, 6.07) is 9.19. The van der Waals surface area contributed by atoms with Crippen LogP contribution < -0.4 is 10.6 Å². The zero-order chi connectivity index (χ0) is 19.3. The number of hydrogen-bond acceptors (Lipinski definition) is 5. The number of ether oxygens (including phenoxy) is 1. The first-order chi connectivity index (χ1) is 13.0. The number of carbonyl (C=O) groups excluding carboxylic acids is 1. The molecule has 0 radical (unpaired) electrons. The van der Waals surface area contributed by atoms with E-state index >= 15 is 0 Å². The minimum Gasteiger partial charge on any atom is -0.481 e. The molecule has 0 aliphatic carbocycles. The summed E-state index contributed by atoms with van der Waals surface area (Å²) < 4.78 is 19.1. The summed E-state index contributed by atoms with van der Waals surface area (Å²) in [4.78, 5) is 28.4. The van der Waals surface area contributed by atoms with Gasteiger partial charge >= 0.3 is 5.97 Å². The lowest BCUT2D eigenvalue weighted by atomic mass is 9.80. The molecule has 0 saturated carbocycles. The molecule has 0 bridgehead atoms. The highest BCUT2D eigenvalue weighted by Crippen LogP contribution is 2.30. The Morgan fingerprint density at radius 3 is 2.63 bits per heavy atom. The van der Waals surface area contributed by atoms with Crippen LogP contribution in [-0.2, 0) is 9.53 Å². The number of nitrogens with one attached hydrogen (secondary N) is 2. The van der Waals surface area contributed by atoms with E-state index < -0.39 is 23.1 Å². The summed E-state index contributed by atoms with van der Waals surface area (Å²) in [6.45, 7) is 0.670. The van der Waals surface area contributed by atoms with Gasteiger partial charge in [-0.25, -0.2) is 9.37 Å². The quantitative estimate of drug-likeness (QED) is 0.720. The summed E-state index contributed by atoms with van der Waals surface area (Å²) in [7, 11) is 0. The van der Waals surface area contributed by atoms with Gasteiger partial charge in [-0.15, -0.1) is 0 Å². The molecule has 1 fully saturated rings. The molecule has 2 heterocycles. The fourth-order valence-electron chi connectivity index (χ4n) is 2.95. The number of amides is 1. The summed E-state index contributed by atoms with van der Waals surface area (Å²) >= 11 is 0. The van der Waals surface area contributed by atoms with E-state index in [-0.39, 0.29) is 23.6 Å². The first-order valence-corrected chi connectivity index (χ1v) is 8.58. The molecule has 8 heteroatoms. The number of carboxylic acids is 1. The molecule has 3 rings (SSSR count). The number of halogens is 1. The molecule has 27 heavy (non-hydrogen) atoms. The molecule has 1 aromatic heterocycles. The lowest BCUT2D eigenvalue weighted by Crippen LogP contribution is -2.46. The van der Waals surface area contributed by atoms with E-state index in [1.807, 2.05) is 0 Å². The monoisotopic (exact) mass is 373 g/mol. The van der Waals surface area contributed by atoms with E-state index in [0.29, 0.717) is 26.1 Å². The molecule has 3 N–H and O–H groups in total. The number of benzene rings is 1. The number of pyridine rings is 1. The largest absolute Gasteiger partial charge is 0.481 e. The van der Waals surface area contributed by atoms with Crippen LogP contribution in [0.1, 0.15) is 23.2 Å². The minimum absolute atomic E-state index is 0.0153. The first kappa shape index (κ1) is 18.8. The third-order valence-electron chi connectivity index (χ3n) is 4.67. The zero-order valence-corrected chi connectivity index (χ0v) is 14.6. The van der Waals surface area contributed by atoms with Crippen molar-refractivity contribution in [1.82, 2.24) is 10.3 Å². The van der Waals surface area contributed by atoms with E-state index in [4.69, 9.17) is 4.74 Å². The molecule has 0 atom stereocenters. The molecule has 0 unspecified atom stereocenters. The maximum atomic E-state index is 13.9. The van der Waals surface area contributed by atoms with Gasteiger partial charge in [0.2, 0.25) is 0 Å². The maximum absolute atomic E-state index is 13.9. The van der Waals surface area contributed by atoms with Crippen LogP contribution in [0, 0.1) is 11.2 Å². The Hall–Kier alpha value is -3.00. The number of nitrogens with zero attached hydrogens (tertiary/aromatic N) is 1. The second-order valence-electron chi connectivity index (χ2n) is 6.38. The van der Waals surface area contributed by atoms with Gasteiger partial charge in [0, 0.05) is 26.0 Å². The number of anilines is 2. The van der Waals surface area contributed by atoms with Crippen LogP contribution in [0.5, 0.6) is 0 Å². The molecular weight excluding hydrogens is 353 g/mol. The third-order valence-corrected chi connectivity index (χ3v) is 4.67. The number of carbonyl (C=O) groups is 2. The molecule has 1 aliphatic heterocycles. The molecular formula is C19H20FN3O4. The molecule has 7 nitrogen and oxygen atoms in total. The number of rotatable bonds is 6. The van der Waals surface area contributed by atoms with Crippen molar-refractivity contribution in [3.63, 3.8) is 0 Å². The van der Waals surface area contributed by atoms with E-state index in [9.17, 15) is 19.1 Å². The van der Waals surface area contributed by atoms with Gasteiger partial charge in [0.1, 0.15) is 11.6 Å². The van der Waals surface area contributed by atoms with Gasteiger partial charge in [-0.2, -0.15) is 0 Å². The molecule has 1 saturated heterocycles. The fraction of sp³-hybridized carbons (Fsp3) is 0.316. The van der Waals surface area contributed by atoms with Crippen LogP contribution >= 0.6 is 0 Å². The van der Waals surface area contributed by atoms with Crippen LogP contribution in [0.15, 0.2) is 42.6 Å². The van der Waals surface area contributed by atoms with Gasteiger partial charge in [0.05, 0.1) is 16.7 Å². The topological polar surface area (TPSA) is 101 Å². The van der Waals surface area contributed by atoms with Crippen molar-refractivity contribution in [2.24, 2.45) is 5.41 Å². The summed E-state index contributed by atoms with van der Waals surface area (Å²) in [5.74, 6) is -1.71. The highest BCUT2D eigenvalue weighted by Gasteiger charge is 2.40. The predicted molar refractivity (Wildman–Crippen MR) is 96.4 cm³/mol. The van der Waals surface area contributed by atoms with Gasteiger partial charge in [-0.3, -0.25) is 9.59 Å². The Kier molecular flexibility index (Phi) is 5.66. The SMILES string of the molecule is O=C(NCC1(C(=O)O)CCOCC1)c1cccnc1Nc1ccccc1F. The Balaban J connectivity index is 1.75. The van der Waals surface area contributed by atoms with Gasteiger partial charge in [-0.05, 0) is 37.1 Å². The molecule has 1 aliphatic rings. The number of para-hydroxylation sites is 1. The van der Waals surface area contributed by atoms with Gasteiger partial charge in [0.15, 0.2) is 0 Å². The fourth-order valence-corrected chi connectivity index (χ4v) is 2.95. The van der Waals surface area contributed by atoms with Crippen LogP contribution in [0.4, 0.5) is 15.9 Å². The first-order valence-electron chi connectivity index (χ1n) is 8.58. The molecule has 1 amide bonds. The van der Waals surface area contributed by atoms with Gasteiger partial charge in [-0.1, -0.05) is 12.1 Å². The van der Waals surface area contributed by atoms with Crippen LogP contribution in [0.3, 0.4) is 0 Å². The van der Waals surface area contributed by atoms with Crippen molar-refractivity contribution in [3.05, 3.63) is 54.0 Å². The molecule has 142 valence electrons. The smallest absolute Gasteiger partial charge is 0.311 e. The highest BCUT2D eigenvalue weighted by atomic mass is 19.1. The Bertz CT molecular complexity index is 837. The normalized spacial score (nSPS) is 15.7. The van der Waals surface area contributed by atoms with Crippen molar-refractivity contribution in [2.45, 2.75) is 12.8 Å². The molecule has 1 aromatic carbocycles. The Morgan fingerprint density at radius 2 is 1.93 bits per heavy atom. The van der Waals surface area contributed by atoms with Crippen molar-refractivity contribution < 1.29 is 23.8 Å². The van der Waals surface area contributed by atoms with Gasteiger partial charge < -0.3 is 20.5 Å².